The van der Waals surface area contributed by atoms with E-state index in [9.17, 15) is 4.79 Å². The highest BCUT2D eigenvalue weighted by Crippen LogP contribution is 2.51. The van der Waals surface area contributed by atoms with Gasteiger partial charge in [-0.05, 0) is 47.8 Å². The average Bonchev–Trinajstić information content (AvgIpc) is 2.44. The molecule has 124 valence electrons. The van der Waals surface area contributed by atoms with Gasteiger partial charge in [0, 0.05) is 4.90 Å². The van der Waals surface area contributed by atoms with Crippen LogP contribution in [0.25, 0.3) is 0 Å². The lowest BCUT2D eigenvalue weighted by Crippen LogP contribution is -2.40. The minimum Gasteiger partial charge on any atom is -0.462 e. The van der Waals surface area contributed by atoms with Crippen molar-refractivity contribution in [3.63, 3.8) is 0 Å². The summed E-state index contributed by atoms with van der Waals surface area (Å²) in [4.78, 5) is 13.0. The molecule has 0 saturated carbocycles. The van der Waals surface area contributed by atoms with E-state index in [0.717, 1.165) is 0 Å². The van der Waals surface area contributed by atoms with E-state index in [1.54, 1.807) is 0 Å². The highest BCUT2D eigenvalue weighted by Gasteiger charge is 2.43. The van der Waals surface area contributed by atoms with Gasteiger partial charge in [-0.3, -0.25) is 0 Å². The maximum Gasteiger partial charge on any atom is 0.338 e. The fourth-order valence-electron chi connectivity index (χ4n) is 3.43. The normalized spacial score (nSPS) is 12.3. The number of hydrogen-bond acceptors (Lipinski definition) is 3. The second-order valence-electron chi connectivity index (χ2n) is 6.66. The molecule has 0 bridgehead atoms. The molecule has 0 amide bonds. The molecular formula is C18H30O2SSi. The van der Waals surface area contributed by atoms with Crippen molar-refractivity contribution in [2.24, 2.45) is 0 Å². The van der Waals surface area contributed by atoms with Gasteiger partial charge in [0.15, 0.2) is 0 Å². The molecule has 0 radical (unpaired) electrons. The van der Waals surface area contributed by atoms with E-state index in [4.69, 9.17) is 4.74 Å². The fourth-order valence-corrected chi connectivity index (χ4v) is 12.6. The van der Waals surface area contributed by atoms with Crippen molar-refractivity contribution < 1.29 is 9.53 Å². The van der Waals surface area contributed by atoms with Crippen molar-refractivity contribution in [1.29, 1.82) is 0 Å². The molecular weight excluding hydrogens is 308 g/mol. The molecule has 0 fully saturated rings. The minimum atomic E-state index is -1.53. The second kappa shape index (κ2) is 8.21. The Kier molecular flexibility index (Phi) is 7.20. The zero-order chi connectivity index (χ0) is 16.9. The van der Waals surface area contributed by atoms with Crippen molar-refractivity contribution in [2.45, 2.75) is 70.0 Å². The molecule has 4 heteroatoms. The van der Waals surface area contributed by atoms with Crippen molar-refractivity contribution >= 4 is 24.4 Å². The van der Waals surface area contributed by atoms with Crippen molar-refractivity contribution in [1.82, 2.24) is 0 Å². The largest absolute Gasteiger partial charge is 0.462 e. The summed E-state index contributed by atoms with van der Waals surface area (Å²) in [5.41, 5.74) is 2.77. The Morgan fingerprint density at radius 2 is 1.45 bits per heavy atom. The van der Waals surface area contributed by atoms with Crippen molar-refractivity contribution in [2.75, 3.05) is 6.61 Å². The maximum absolute atomic E-state index is 11.7. The Bertz CT molecular complexity index is 459. The van der Waals surface area contributed by atoms with Crippen LogP contribution in [0.5, 0.6) is 0 Å². The SMILES string of the molecule is CCOC(=O)c1ccc(S[Si](C(C)C)(C(C)C)C(C)C)cc1. The molecule has 0 aliphatic heterocycles. The predicted octanol–water partition coefficient (Wildman–Crippen LogP) is 6.13. The van der Waals surface area contributed by atoms with E-state index in [0.29, 0.717) is 28.8 Å². The van der Waals surface area contributed by atoms with Crippen LogP contribution in [-0.2, 0) is 4.74 Å². The summed E-state index contributed by atoms with van der Waals surface area (Å²) in [6.07, 6.45) is 0. The monoisotopic (exact) mass is 338 g/mol. The van der Waals surface area contributed by atoms with Gasteiger partial charge in [-0.25, -0.2) is 4.79 Å². The van der Waals surface area contributed by atoms with E-state index >= 15 is 0 Å². The van der Waals surface area contributed by atoms with Crippen LogP contribution in [0, 0.1) is 0 Å². The molecule has 0 saturated heterocycles. The lowest BCUT2D eigenvalue weighted by molar-refractivity contribution is 0.0526. The van der Waals surface area contributed by atoms with E-state index < -0.39 is 7.22 Å². The first kappa shape index (κ1) is 19.3. The zero-order valence-corrected chi connectivity index (χ0v) is 16.8. The number of esters is 1. The van der Waals surface area contributed by atoms with E-state index in [-0.39, 0.29) is 5.97 Å². The third-order valence-electron chi connectivity index (χ3n) is 4.37. The fraction of sp³-hybridized carbons (Fsp3) is 0.611. The number of ether oxygens (including phenoxy) is 1. The summed E-state index contributed by atoms with van der Waals surface area (Å²) in [6.45, 7) is 16.4. The molecule has 0 spiro atoms. The maximum atomic E-state index is 11.7. The van der Waals surface area contributed by atoms with Gasteiger partial charge in [-0.15, -0.1) is 0 Å². The van der Waals surface area contributed by atoms with Gasteiger partial charge in [0.1, 0.15) is 7.22 Å². The number of benzene rings is 1. The standard InChI is InChI=1S/C18H30O2SSi/c1-8-20-18(19)16-9-11-17(12-10-16)21-22(13(2)3,14(4)5)15(6)7/h9-15H,8H2,1-7H3. The van der Waals surface area contributed by atoms with Gasteiger partial charge in [0.2, 0.25) is 0 Å². The molecule has 1 aromatic carbocycles. The average molecular weight is 339 g/mol. The van der Waals surface area contributed by atoms with Crippen molar-refractivity contribution in [3.8, 4) is 0 Å². The van der Waals surface area contributed by atoms with Crippen LogP contribution in [0.2, 0.25) is 16.6 Å². The smallest absolute Gasteiger partial charge is 0.338 e. The third kappa shape index (κ3) is 4.16. The van der Waals surface area contributed by atoms with Crippen LogP contribution in [0.1, 0.15) is 58.8 Å². The lowest BCUT2D eigenvalue weighted by Gasteiger charge is -2.42. The molecule has 0 atom stereocenters. The highest BCUT2D eigenvalue weighted by molar-refractivity contribution is 8.29. The highest BCUT2D eigenvalue weighted by atomic mass is 32.4. The summed E-state index contributed by atoms with van der Waals surface area (Å²) in [6, 6.07) is 7.93. The first-order chi connectivity index (χ1) is 10.3. The molecule has 1 rings (SSSR count). The summed E-state index contributed by atoms with van der Waals surface area (Å²) in [5, 5.41) is 0. The summed E-state index contributed by atoms with van der Waals surface area (Å²) < 4.78 is 5.05. The minimum absolute atomic E-state index is 0.237. The molecule has 0 heterocycles. The Morgan fingerprint density at radius 1 is 1.00 bits per heavy atom. The van der Waals surface area contributed by atoms with Crippen LogP contribution in [-0.4, -0.2) is 19.8 Å². The number of hydrogen-bond donors (Lipinski definition) is 0. The number of rotatable bonds is 7. The van der Waals surface area contributed by atoms with E-state index in [1.807, 2.05) is 19.1 Å². The molecule has 22 heavy (non-hydrogen) atoms. The quantitative estimate of drug-likeness (QED) is 0.442. The molecule has 1 aromatic rings. The molecule has 0 aliphatic rings. The topological polar surface area (TPSA) is 26.3 Å². The van der Waals surface area contributed by atoms with Crippen LogP contribution < -0.4 is 0 Å². The first-order valence-electron chi connectivity index (χ1n) is 8.21. The van der Waals surface area contributed by atoms with Gasteiger partial charge in [-0.2, -0.15) is 11.2 Å². The molecule has 0 aromatic heterocycles. The number of carbonyl (C=O) groups is 1. The van der Waals surface area contributed by atoms with E-state index in [1.165, 1.54) is 4.90 Å². The predicted molar refractivity (Wildman–Crippen MR) is 99.3 cm³/mol. The van der Waals surface area contributed by atoms with Crippen LogP contribution in [0.4, 0.5) is 0 Å². The third-order valence-corrected chi connectivity index (χ3v) is 16.7. The van der Waals surface area contributed by atoms with Crippen molar-refractivity contribution in [3.05, 3.63) is 29.8 Å². The van der Waals surface area contributed by atoms with Gasteiger partial charge in [-0.1, -0.05) is 41.5 Å². The molecule has 0 unspecified atom stereocenters. The Hall–Kier alpha value is -0.743. The van der Waals surface area contributed by atoms with Crippen LogP contribution in [0.15, 0.2) is 29.2 Å². The Balaban J connectivity index is 3.03. The molecule has 0 N–H and O–H groups in total. The zero-order valence-electron chi connectivity index (χ0n) is 15.0. The number of carbonyl (C=O) groups excluding carboxylic acids is 1. The second-order valence-corrected chi connectivity index (χ2v) is 15.2. The van der Waals surface area contributed by atoms with E-state index in [2.05, 4.69) is 64.9 Å². The lowest BCUT2D eigenvalue weighted by atomic mass is 10.2. The van der Waals surface area contributed by atoms with Gasteiger partial charge in [0.25, 0.3) is 0 Å². The van der Waals surface area contributed by atoms with Crippen LogP contribution >= 0.6 is 11.2 Å². The summed E-state index contributed by atoms with van der Waals surface area (Å²) in [7, 11) is -1.53. The van der Waals surface area contributed by atoms with Gasteiger partial charge in [0.05, 0.1) is 12.2 Å². The van der Waals surface area contributed by atoms with Gasteiger partial charge >= 0.3 is 5.97 Å². The Labute approximate surface area is 140 Å². The van der Waals surface area contributed by atoms with Gasteiger partial charge < -0.3 is 4.74 Å². The van der Waals surface area contributed by atoms with Crippen LogP contribution in [0.3, 0.4) is 0 Å². The summed E-state index contributed by atoms with van der Waals surface area (Å²) >= 11 is 2.08. The molecule has 2 nitrogen and oxygen atoms in total. The first-order valence-corrected chi connectivity index (χ1v) is 12.0. The molecule has 0 aliphatic carbocycles. The Morgan fingerprint density at radius 3 is 1.82 bits per heavy atom. The summed E-state index contributed by atoms with van der Waals surface area (Å²) in [5.74, 6) is -0.237.